The van der Waals surface area contributed by atoms with Crippen LogP contribution in [-0.4, -0.2) is 12.5 Å². The van der Waals surface area contributed by atoms with E-state index in [4.69, 9.17) is 5.73 Å². The molecule has 2 aromatic rings. The third-order valence-corrected chi connectivity index (χ3v) is 3.25. The number of nitrogens with one attached hydrogen (secondary N) is 1. The summed E-state index contributed by atoms with van der Waals surface area (Å²) in [4.78, 5) is 11.1. The molecule has 3 heteroatoms. The lowest BCUT2D eigenvalue weighted by Crippen LogP contribution is -2.17. The van der Waals surface area contributed by atoms with Crippen LogP contribution in [0.3, 0.4) is 0 Å². The van der Waals surface area contributed by atoms with E-state index in [0.717, 1.165) is 25.1 Å². The fourth-order valence-electron chi connectivity index (χ4n) is 2.05. The van der Waals surface area contributed by atoms with Crippen LogP contribution >= 0.6 is 0 Å². The van der Waals surface area contributed by atoms with Crippen molar-refractivity contribution in [2.45, 2.75) is 19.9 Å². The van der Waals surface area contributed by atoms with Crippen LogP contribution in [0.15, 0.2) is 48.5 Å². The molecule has 0 aromatic heterocycles. The molecule has 0 aliphatic rings. The van der Waals surface area contributed by atoms with E-state index in [9.17, 15) is 4.79 Å². The van der Waals surface area contributed by atoms with Crippen molar-refractivity contribution in [3.63, 3.8) is 0 Å². The standard InChI is InChI=1S/C17H20N2O/c1-13-5-7-14(8-6-13)9-10-19-12-15-3-2-4-16(11-15)17(18)20/h2-8,11,19H,9-10,12H2,1H3,(H2,18,20). The zero-order chi connectivity index (χ0) is 14.4. The first-order valence-corrected chi connectivity index (χ1v) is 6.80. The van der Waals surface area contributed by atoms with Gasteiger partial charge in [0.05, 0.1) is 0 Å². The molecule has 0 saturated heterocycles. The second-order valence-corrected chi connectivity index (χ2v) is 4.98. The Hall–Kier alpha value is -2.13. The summed E-state index contributed by atoms with van der Waals surface area (Å²) in [5, 5.41) is 3.38. The minimum absolute atomic E-state index is 0.383. The number of rotatable bonds is 6. The molecule has 20 heavy (non-hydrogen) atoms. The minimum atomic E-state index is -0.383. The normalized spacial score (nSPS) is 10.4. The Labute approximate surface area is 119 Å². The van der Waals surface area contributed by atoms with Crippen molar-refractivity contribution >= 4 is 5.91 Å². The van der Waals surface area contributed by atoms with Crippen molar-refractivity contribution < 1.29 is 4.79 Å². The minimum Gasteiger partial charge on any atom is -0.366 e. The van der Waals surface area contributed by atoms with Crippen molar-refractivity contribution in [1.29, 1.82) is 0 Å². The Bertz CT molecular complexity index is 576. The van der Waals surface area contributed by atoms with E-state index in [2.05, 4.69) is 36.5 Å². The lowest BCUT2D eigenvalue weighted by atomic mass is 10.1. The molecule has 0 fully saturated rings. The number of amides is 1. The molecule has 0 heterocycles. The van der Waals surface area contributed by atoms with E-state index in [1.807, 2.05) is 18.2 Å². The van der Waals surface area contributed by atoms with Crippen LogP contribution in [-0.2, 0) is 13.0 Å². The largest absolute Gasteiger partial charge is 0.366 e. The second-order valence-electron chi connectivity index (χ2n) is 4.98. The Morgan fingerprint density at radius 3 is 2.55 bits per heavy atom. The summed E-state index contributed by atoms with van der Waals surface area (Å²) in [6, 6.07) is 16.0. The number of carbonyl (C=O) groups excluding carboxylic acids is 1. The van der Waals surface area contributed by atoms with Crippen LogP contribution in [0.1, 0.15) is 27.0 Å². The highest BCUT2D eigenvalue weighted by molar-refractivity contribution is 5.92. The van der Waals surface area contributed by atoms with Crippen molar-refractivity contribution in [1.82, 2.24) is 5.32 Å². The van der Waals surface area contributed by atoms with Crippen LogP contribution in [0.5, 0.6) is 0 Å². The first-order valence-electron chi connectivity index (χ1n) is 6.80. The van der Waals surface area contributed by atoms with Gasteiger partial charge in [0, 0.05) is 12.1 Å². The van der Waals surface area contributed by atoms with Gasteiger partial charge in [-0.3, -0.25) is 4.79 Å². The predicted octanol–water partition coefficient (Wildman–Crippen LogP) is 2.43. The maximum absolute atomic E-state index is 11.1. The number of benzene rings is 2. The zero-order valence-corrected chi connectivity index (χ0v) is 11.7. The van der Waals surface area contributed by atoms with Crippen LogP contribution in [0, 0.1) is 6.92 Å². The lowest BCUT2D eigenvalue weighted by Gasteiger charge is -2.06. The van der Waals surface area contributed by atoms with E-state index in [1.54, 1.807) is 6.07 Å². The molecule has 1 amide bonds. The Morgan fingerprint density at radius 1 is 1.10 bits per heavy atom. The van der Waals surface area contributed by atoms with Crippen LogP contribution in [0.2, 0.25) is 0 Å². The molecule has 0 spiro atoms. The highest BCUT2D eigenvalue weighted by atomic mass is 16.1. The zero-order valence-electron chi connectivity index (χ0n) is 11.7. The number of primary amides is 1. The summed E-state index contributed by atoms with van der Waals surface area (Å²) < 4.78 is 0. The van der Waals surface area contributed by atoms with E-state index < -0.39 is 0 Å². The van der Waals surface area contributed by atoms with Crippen LogP contribution in [0.25, 0.3) is 0 Å². The first kappa shape index (κ1) is 14.3. The fourth-order valence-corrected chi connectivity index (χ4v) is 2.05. The molecule has 0 aliphatic heterocycles. The molecule has 2 rings (SSSR count). The monoisotopic (exact) mass is 268 g/mol. The highest BCUT2D eigenvalue weighted by Gasteiger charge is 2.01. The van der Waals surface area contributed by atoms with E-state index in [0.29, 0.717) is 5.56 Å². The van der Waals surface area contributed by atoms with Gasteiger partial charge in [0.25, 0.3) is 0 Å². The third-order valence-electron chi connectivity index (χ3n) is 3.25. The predicted molar refractivity (Wildman–Crippen MR) is 81.5 cm³/mol. The average molecular weight is 268 g/mol. The van der Waals surface area contributed by atoms with Gasteiger partial charge in [-0.05, 0) is 43.1 Å². The van der Waals surface area contributed by atoms with Crippen molar-refractivity contribution in [2.24, 2.45) is 5.73 Å². The molecule has 0 bridgehead atoms. The molecular weight excluding hydrogens is 248 g/mol. The van der Waals surface area contributed by atoms with Gasteiger partial charge in [-0.15, -0.1) is 0 Å². The summed E-state index contributed by atoms with van der Waals surface area (Å²) >= 11 is 0. The number of carbonyl (C=O) groups is 1. The van der Waals surface area contributed by atoms with Gasteiger partial charge in [-0.2, -0.15) is 0 Å². The van der Waals surface area contributed by atoms with Gasteiger partial charge in [-0.25, -0.2) is 0 Å². The van der Waals surface area contributed by atoms with Gasteiger partial charge in [0.2, 0.25) is 5.91 Å². The quantitative estimate of drug-likeness (QED) is 0.791. The maximum Gasteiger partial charge on any atom is 0.248 e. The van der Waals surface area contributed by atoms with Gasteiger partial charge in [0.1, 0.15) is 0 Å². The highest BCUT2D eigenvalue weighted by Crippen LogP contribution is 2.05. The molecule has 2 aromatic carbocycles. The van der Waals surface area contributed by atoms with E-state index in [1.165, 1.54) is 11.1 Å². The summed E-state index contributed by atoms with van der Waals surface area (Å²) in [6.07, 6.45) is 0.996. The topological polar surface area (TPSA) is 55.1 Å². The molecule has 0 saturated carbocycles. The van der Waals surface area contributed by atoms with Crippen molar-refractivity contribution in [3.8, 4) is 0 Å². The Morgan fingerprint density at radius 2 is 1.85 bits per heavy atom. The third kappa shape index (κ3) is 4.21. The molecule has 0 unspecified atom stereocenters. The number of nitrogens with two attached hydrogens (primary N) is 1. The molecule has 3 nitrogen and oxygen atoms in total. The fraction of sp³-hybridized carbons (Fsp3) is 0.235. The lowest BCUT2D eigenvalue weighted by molar-refractivity contribution is 0.1000. The van der Waals surface area contributed by atoms with Crippen LogP contribution < -0.4 is 11.1 Å². The van der Waals surface area contributed by atoms with E-state index >= 15 is 0 Å². The van der Waals surface area contributed by atoms with Crippen molar-refractivity contribution in [2.75, 3.05) is 6.54 Å². The molecule has 3 N–H and O–H groups in total. The Kier molecular flexibility index (Phi) is 4.91. The molecule has 0 atom stereocenters. The summed E-state index contributed by atoms with van der Waals surface area (Å²) in [5.41, 5.74) is 9.51. The maximum atomic E-state index is 11.1. The van der Waals surface area contributed by atoms with Gasteiger partial charge >= 0.3 is 0 Å². The van der Waals surface area contributed by atoms with Crippen LogP contribution in [0.4, 0.5) is 0 Å². The van der Waals surface area contributed by atoms with E-state index in [-0.39, 0.29) is 5.91 Å². The average Bonchev–Trinajstić information content (AvgIpc) is 2.46. The molecule has 0 radical (unpaired) electrons. The molecule has 0 aliphatic carbocycles. The van der Waals surface area contributed by atoms with Gasteiger partial charge in [0.15, 0.2) is 0 Å². The van der Waals surface area contributed by atoms with Crippen molar-refractivity contribution in [3.05, 3.63) is 70.8 Å². The van der Waals surface area contributed by atoms with Gasteiger partial charge < -0.3 is 11.1 Å². The molecular formula is C17H20N2O. The molecule has 104 valence electrons. The number of aryl methyl sites for hydroxylation is 1. The summed E-state index contributed by atoms with van der Waals surface area (Å²) in [6.45, 7) is 3.74. The second kappa shape index (κ2) is 6.87. The van der Waals surface area contributed by atoms with Gasteiger partial charge in [-0.1, -0.05) is 42.0 Å². The first-order chi connectivity index (χ1) is 9.65. The smallest absolute Gasteiger partial charge is 0.248 e. The summed E-state index contributed by atoms with van der Waals surface area (Å²) in [5.74, 6) is -0.383. The number of hydrogen-bond donors (Lipinski definition) is 2. The SMILES string of the molecule is Cc1ccc(CCNCc2cccc(C(N)=O)c2)cc1. The summed E-state index contributed by atoms with van der Waals surface area (Å²) in [7, 11) is 0. The number of hydrogen-bond acceptors (Lipinski definition) is 2. The Balaban J connectivity index is 1.79.